The number of rotatable bonds is 4. The zero-order valence-corrected chi connectivity index (χ0v) is 17.1. The lowest BCUT2D eigenvalue weighted by molar-refractivity contribution is -0.298. The predicted molar refractivity (Wildman–Crippen MR) is 102 cm³/mol. The molecule has 0 radical (unpaired) electrons. The summed E-state index contributed by atoms with van der Waals surface area (Å²) in [4.78, 5) is 0. The SMILES string of the molecule is CC1CCC(C2CCC(COC34CCC(C)(CC3)C(F)(F)C4F)CC2)CC1. The van der Waals surface area contributed by atoms with Crippen LogP contribution in [0.5, 0.6) is 0 Å². The van der Waals surface area contributed by atoms with Gasteiger partial charge in [0.05, 0.1) is 6.61 Å². The molecule has 0 heterocycles. The van der Waals surface area contributed by atoms with E-state index < -0.39 is 23.1 Å². The molecule has 5 aliphatic carbocycles. The van der Waals surface area contributed by atoms with E-state index in [1.54, 1.807) is 6.92 Å². The molecule has 0 aromatic carbocycles. The van der Waals surface area contributed by atoms with Crippen LogP contribution in [0.15, 0.2) is 0 Å². The third-order valence-corrected chi connectivity index (χ3v) is 9.01. The summed E-state index contributed by atoms with van der Waals surface area (Å²) in [6, 6.07) is 0. The monoisotopic (exact) mass is 386 g/mol. The molecule has 0 amide bonds. The van der Waals surface area contributed by atoms with Gasteiger partial charge < -0.3 is 4.74 Å². The quantitative estimate of drug-likeness (QED) is 0.508. The molecule has 0 saturated heterocycles. The molecule has 156 valence electrons. The minimum absolute atomic E-state index is 0.382. The predicted octanol–water partition coefficient (Wildman–Crippen LogP) is 6.94. The molecule has 1 atom stereocenters. The standard InChI is InChI=1S/C23H37F3O/c1-16-3-7-18(8-4-16)19-9-5-17(6-10-19)15-27-22-13-11-21(2,12-14-22)23(25,26)20(22)24/h16-20H,3-15H2,1-2H3. The van der Waals surface area contributed by atoms with Gasteiger partial charge in [0.1, 0.15) is 5.60 Å². The molecule has 2 bridgehead atoms. The van der Waals surface area contributed by atoms with E-state index in [4.69, 9.17) is 4.74 Å². The van der Waals surface area contributed by atoms with Crippen LogP contribution in [-0.2, 0) is 4.74 Å². The van der Waals surface area contributed by atoms with Crippen molar-refractivity contribution in [3.05, 3.63) is 0 Å². The minimum atomic E-state index is -3.25. The molecule has 5 aliphatic rings. The molecular formula is C23H37F3O. The summed E-state index contributed by atoms with van der Waals surface area (Å²) in [6.07, 6.45) is 9.78. The van der Waals surface area contributed by atoms with Gasteiger partial charge in [-0.05, 0) is 87.9 Å². The Labute approximate surface area is 162 Å². The first-order valence-corrected chi connectivity index (χ1v) is 11.4. The highest BCUT2D eigenvalue weighted by Gasteiger charge is 2.70. The summed E-state index contributed by atoms with van der Waals surface area (Å²) in [5.41, 5.74) is -2.40. The zero-order valence-electron chi connectivity index (χ0n) is 17.1. The molecule has 5 fully saturated rings. The maximum absolute atomic E-state index is 14.8. The summed E-state index contributed by atoms with van der Waals surface area (Å²) in [5, 5.41) is 0. The van der Waals surface area contributed by atoms with Crippen LogP contribution in [0.1, 0.15) is 90.9 Å². The molecule has 0 aromatic heterocycles. The number of halogens is 3. The Morgan fingerprint density at radius 1 is 0.815 bits per heavy atom. The molecule has 5 rings (SSSR count). The lowest BCUT2D eigenvalue weighted by Crippen LogP contribution is -2.67. The van der Waals surface area contributed by atoms with Crippen molar-refractivity contribution in [1.29, 1.82) is 0 Å². The molecule has 4 heteroatoms. The van der Waals surface area contributed by atoms with Crippen molar-refractivity contribution in [2.45, 2.75) is 109 Å². The van der Waals surface area contributed by atoms with E-state index >= 15 is 0 Å². The van der Waals surface area contributed by atoms with Gasteiger partial charge >= 0.3 is 0 Å². The van der Waals surface area contributed by atoms with Crippen molar-refractivity contribution < 1.29 is 17.9 Å². The average Bonchev–Trinajstić information content (AvgIpc) is 2.67. The van der Waals surface area contributed by atoms with Crippen LogP contribution in [0.3, 0.4) is 0 Å². The molecule has 5 saturated carbocycles. The van der Waals surface area contributed by atoms with Crippen LogP contribution in [-0.4, -0.2) is 24.3 Å². The van der Waals surface area contributed by atoms with Crippen molar-refractivity contribution in [2.24, 2.45) is 29.1 Å². The Kier molecular flexibility index (Phi) is 5.36. The van der Waals surface area contributed by atoms with Crippen LogP contribution < -0.4 is 0 Å². The van der Waals surface area contributed by atoms with Gasteiger partial charge in [0.25, 0.3) is 5.92 Å². The topological polar surface area (TPSA) is 9.23 Å². The Balaban J connectivity index is 1.28. The van der Waals surface area contributed by atoms with Gasteiger partial charge in [0, 0.05) is 5.41 Å². The largest absolute Gasteiger partial charge is 0.371 e. The third-order valence-electron chi connectivity index (χ3n) is 9.01. The Hall–Kier alpha value is -0.250. The van der Waals surface area contributed by atoms with E-state index in [0.29, 0.717) is 38.2 Å². The molecule has 0 aromatic rings. The highest BCUT2D eigenvalue weighted by atomic mass is 19.3. The van der Waals surface area contributed by atoms with Crippen molar-refractivity contribution in [3.8, 4) is 0 Å². The summed E-state index contributed by atoms with van der Waals surface area (Å²) in [5.74, 6) is -0.196. The van der Waals surface area contributed by atoms with E-state index in [-0.39, 0.29) is 0 Å². The van der Waals surface area contributed by atoms with Gasteiger partial charge in [-0.1, -0.05) is 26.7 Å². The second-order valence-corrected chi connectivity index (χ2v) is 10.7. The van der Waals surface area contributed by atoms with E-state index in [1.807, 2.05) is 0 Å². The van der Waals surface area contributed by atoms with Gasteiger partial charge in [0.2, 0.25) is 0 Å². The molecular weight excluding hydrogens is 349 g/mol. The van der Waals surface area contributed by atoms with E-state index in [0.717, 1.165) is 30.6 Å². The van der Waals surface area contributed by atoms with Crippen molar-refractivity contribution in [3.63, 3.8) is 0 Å². The first kappa shape index (κ1) is 20.0. The fraction of sp³-hybridized carbons (Fsp3) is 1.00. The van der Waals surface area contributed by atoms with Crippen LogP contribution >= 0.6 is 0 Å². The van der Waals surface area contributed by atoms with Crippen LogP contribution in [0.2, 0.25) is 0 Å². The number of fused-ring (bicyclic) bond motifs is 3. The second-order valence-electron chi connectivity index (χ2n) is 10.7. The highest BCUT2D eigenvalue weighted by molar-refractivity contribution is 5.14. The van der Waals surface area contributed by atoms with Gasteiger partial charge in [-0.25, -0.2) is 13.2 Å². The normalized spacial score (nSPS) is 49.9. The van der Waals surface area contributed by atoms with Gasteiger partial charge in [0.15, 0.2) is 6.17 Å². The van der Waals surface area contributed by atoms with E-state index in [9.17, 15) is 13.2 Å². The number of hydrogen-bond donors (Lipinski definition) is 0. The van der Waals surface area contributed by atoms with E-state index in [2.05, 4.69) is 6.92 Å². The molecule has 1 unspecified atom stereocenters. The minimum Gasteiger partial charge on any atom is -0.371 e. The summed E-state index contributed by atoms with van der Waals surface area (Å²) >= 11 is 0. The summed E-state index contributed by atoms with van der Waals surface area (Å²) < 4.78 is 49.8. The van der Waals surface area contributed by atoms with Crippen LogP contribution in [0.4, 0.5) is 13.2 Å². The first-order valence-electron chi connectivity index (χ1n) is 11.4. The number of hydrogen-bond acceptors (Lipinski definition) is 1. The Morgan fingerprint density at radius 2 is 1.33 bits per heavy atom. The fourth-order valence-electron chi connectivity index (χ4n) is 6.53. The smallest absolute Gasteiger partial charge is 0.286 e. The molecule has 0 N–H and O–H groups in total. The zero-order chi connectivity index (χ0) is 19.3. The molecule has 0 spiro atoms. The number of ether oxygens (including phenoxy) is 1. The van der Waals surface area contributed by atoms with Gasteiger partial charge in [-0.2, -0.15) is 0 Å². The van der Waals surface area contributed by atoms with E-state index in [1.165, 1.54) is 38.5 Å². The maximum Gasteiger partial charge on any atom is 0.286 e. The molecule has 0 aliphatic heterocycles. The summed E-state index contributed by atoms with van der Waals surface area (Å²) in [7, 11) is 0. The third kappa shape index (κ3) is 3.46. The second kappa shape index (κ2) is 7.22. The van der Waals surface area contributed by atoms with Crippen molar-refractivity contribution in [1.82, 2.24) is 0 Å². The van der Waals surface area contributed by atoms with Gasteiger partial charge in [-0.15, -0.1) is 0 Å². The van der Waals surface area contributed by atoms with Crippen LogP contribution in [0, 0.1) is 29.1 Å². The maximum atomic E-state index is 14.8. The highest BCUT2D eigenvalue weighted by Crippen LogP contribution is 2.62. The molecule has 27 heavy (non-hydrogen) atoms. The Bertz CT molecular complexity index is 510. The van der Waals surface area contributed by atoms with Crippen LogP contribution in [0.25, 0.3) is 0 Å². The van der Waals surface area contributed by atoms with Crippen molar-refractivity contribution in [2.75, 3.05) is 6.61 Å². The average molecular weight is 387 g/mol. The van der Waals surface area contributed by atoms with Gasteiger partial charge in [-0.3, -0.25) is 0 Å². The first-order chi connectivity index (χ1) is 12.8. The summed E-state index contributed by atoms with van der Waals surface area (Å²) in [6.45, 7) is 4.39. The number of alkyl halides is 3. The fourth-order valence-corrected chi connectivity index (χ4v) is 6.53. The lowest BCUT2D eigenvalue weighted by atomic mass is 9.56. The van der Waals surface area contributed by atoms with Crippen molar-refractivity contribution >= 4 is 0 Å². The Morgan fingerprint density at radius 3 is 1.89 bits per heavy atom. The molecule has 1 nitrogen and oxygen atoms in total. The lowest BCUT2D eigenvalue weighted by Gasteiger charge is -2.57.